The monoisotopic (exact) mass is 753 g/mol. The van der Waals surface area contributed by atoms with Crippen molar-refractivity contribution in [2.75, 3.05) is 13.2 Å². The van der Waals surface area contributed by atoms with Gasteiger partial charge in [0.05, 0.1) is 25.3 Å². The van der Waals surface area contributed by atoms with Gasteiger partial charge in [0.1, 0.15) is 36.0 Å². The van der Waals surface area contributed by atoms with Gasteiger partial charge in [-0.15, -0.1) is 0 Å². The third-order valence-electron chi connectivity index (χ3n) is 7.86. The lowest BCUT2D eigenvalue weighted by molar-refractivity contribution is -0.142. The van der Waals surface area contributed by atoms with Gasteiger partial charge in [-0.3, -0.25) is 33.6 Å². The zero-order chi connectivity index (χ0) is 40.6. The van der Waals surface area contributed by atoms with Crippen LogP contribution < -0.4 is 37.6 Å². The van der Waals surface area contributed by atoms with Crippen molar-refractivity contribution >= 4 is 47.4 Å². The van der Waals surface area contributed by atoms with E-state index in [0.717, 1.165) is 6.92 Å². The molecule has 53 heavy (non-hydrogen) atoms. The second-order valence-corrected chi connectivity index (χ2v) is 13.0. The van der Waals surface area contributed by atoms with Crippen LogP contribution in [0.25, 0.3) is 0 Å². The van der Waals surface area contributed by atoms with Gasteiger partial charge >= 0.3 is 11.9 Å². The highest BCUT2D eigenvalue weighted by Crippen LogP contribution is 2.12. The molecule has 20 heteroatoms. The first kappa shape index (κ1) is 45.7. The minimum Gasteiger partial charge on any atom is -0.508 e. The van der Waals surface area contributed by atoms with Gasteiger partial charge < -0.3 is 63.2 Å². The topological polar surface area (TPSA) is 336 Å². The van der Waals surface area contributed by atoms with Gasteiger partial charge in [0, 0.05) is 12.8 Å². The minimum atomic E-state index is -1.68. The second kappa shape index (κ2) is 21.9. The van der Waals surface area contributed by atoms with Crippen LogP contribution in [0.3, 0.4) is 0 Å². The molecule has 0 spiro atoms. The number of aliphatic carboxylic acids is 2. The first-order valence-electron chi connectivity index (χ1n) is 16.7. The minimum absolute atomic E-state index is 0.0385. The molecular weight excluding hydrogens is 702 g/mol. The Kier molecular flexibility index (Phi) is 18.9. The Bertz CT molecular complexity index is 1450. The molecule has 0 fully saturated rings. The predicted octanol–water partition coefficient (Wildman–Crippen LogP) is -3.56. The normalized spacial score (nSPS) is 15.1. The van der Waals surface area contributed by atoms with Crippen LogP contribution in [-0.2, 0) is 44.8 Å². The van der Waals surface area contributed by atoms with Gasteiger partial charge in [-0.2, -0.15) is 0 Å². The van der Waals surface area contributed by atoms with Crippen LogP contribution in [0.15, 0.2) is 24.3 Å². The fraction of sp³-hybridized carbons (Fsp3) is 0.576. The van der Waals surface area contributed by atoms with Crippen LogP contribution in [0.1, 0.15) is 53.0 Å². The summed E-state index contributed by atoms with van der Waals surface area (Å²) in [6.45, 7) is 5.79. The van der Waals surface area contributed by atoms with Crippen molar-refractivity contribution in [2.24, 2.45) is 17.6 Å². The number of hydrogen-bond donors (Lipinski definition) is 12. The summed E-state index contributed by atoms with van der Waals surface area (Å²) in [4.78, 5) is 100. The van der Waals surface area contributed by atoms with E-state index in [4.69, 9.17) is 10.8 Å². The fourth-order valence-corrected chi connectivity index (χ4v) is 4.60. The molecule has 296 valence electrons. The number of rotatable bonds is 22. The van der Waals surface area contributed by atoms with Crippen molar-refractivity contribution in [3.8, 4) is 5.75 Å². The summed E-state index contributed by atoms with van der Waals surface area (Å²) in [7, 11) is 0. The lowest BCUT2D eigenvalue weighted by Crippen LogP contribution is -2.62. The highest BCUT2D eigenvalue weighted by atomic mass is 16.4. The van der Waals surface area contributed by atoms with E-state index in [9.17, 15) is 58.8 Å². The molecule has 0 saturated carbocycles. The summed E-state index contributed by atoms with van der Waals surface area (Å²) in [5.74, 6) is -9.41. The van der Waals surface area contributed by atoms with E-state index in [-0.39, 0.29) is 24.5 Å². The quantitative estimate of drug-likeness (QED) is 0.0545. The van der Waals surface area contributed by atoms with Crippen LogP contribution in [0.5, 0.6) is 5.75 Å². The van der Waals surface area contributed by atoms with Crippen LogP contribution in [-0.4, -0.2) is 128 Å². The number of phenolic OH excluding ortho intramolecular Hbond substituents is 1. The number of aliphatic hydroxyl groups is 2. The number of nitrogens with two attached hydrogens (primary N) is 1. The van der Waals surface area contributed by atoms with Gasteiger partial charge in [-0.1, -0.05) is 39.8 Å². The molecule has 20 nitrogen and oxygen atoms in total. The third kappa shape index (κ3) is 15.8. The van der Waals surface area contributed by atoms with E-state index in [1.165, 1.54) is 38.1 Å². The van der Waals surface area contributed by atoms with E-state index in [2.05, 4.69) is 31.9 Å². The number of aliphatic hydroxyl groups excluding tert-OH is 2. The highest BCUT2D eigenvalue weighted by Gasteiger charge is 2.34. The Hall–Kier alpha value is -5.34. The molecule has 13 N–H and O–H groups in total. The summed E-state index contributed by atoms with van der Waals surface area (Å²) >= 11 is 0. The summed E-state index contributed by atoms with van der Waals surface area (Å²) in [5, 5.41) is 61.8. The zero-order valence-electron chi connectivity index (χ0n) is 30.1. The first-order chi connectivity index (χ1) is 24.7. The zero-order valence-corrected chi connectivity index (χ0v) is 30.1. The molecule has 0 aliphatic rings. The number of amides is 6. The van der Waals surface area contributed by atoms with Crippen molar-refractivity contribution in [2.45, 2.75) is 96.2 Å². The Morgan fingerprint density at radius 2 is 1.23 bits per heavy atom. The third-order valence-corrected chi connectivity index (χ3v) is 7.86. The van der Waals surface area contributed by atoms with Crippen molar-refractivity contribution in [1.29, 1.82) is 0 Å². The smallest absolute Gasteiger partial charge is 0.326 e. The Labute approximate surface area is 305 Å². The SMILES string of the molecule is CC(C)[C@H](N)C(=O)N[C@@H](CCC(=O)O)C(=O)N[C@@H](CO)C(=O)N[C@H](C(=O)N[C@H](C(=O)NCC(=O)N[C@@H](Cc1ccc(O)cc1)C(=O)O)[C@@H](C)O)C(C)C. The molecule has 0 radical (unpaired) electrons. The lowest BCUT2D eigenvalue weighted by Gasteiger charge is -2.28. The van der Waals surface area contributed by atoms with Gasteiger partial charge in [0.15, 0.2) is 0 Å². The van der Waals surface area contributed by atoms with Gasteiger partial charge in [0.25, 0.3) is 0 Å². The number of nitrogens with one attached hydrogen (secondary N) is 6. The second-order valence-electron chi connectivity index (χ2n) is 13.0. The van der Waals surface area contributed by atoms with Crippen molar-refractivity contribution in [3.05, 3.63) is 29.8 Å². The van der Waals surface area contributed by atoms with Crippen LogP contribution in [0.4, 0.5) is 0 Å². The molecule has 0 aliphatic carbocycles. The summed E-state index contributed by atoms with van der Waals surface area (Å²) in [5.41, 5.74) is 6.31. The molecule has 1 aromatic rings. The highest BCUT2D eigenvalue weighted by molar-refractivity contribution is 5.97. The van der Waals surface area contributed by atoms with Crippen molar-refractivity contribution in [3.63, 3.8) is 0 Å². The molecule has 0 bridgehead atoms. The largest absolute Gasteiger partial charge is 0.508 e. The van der Waals surface area contributed by atoms with E-state index < -0.39 is 115 Å². The van der Waals surface area contributed by atoms with Gasteiger partial charge in [-0.05, 0) is 42.9 Å². The standard InChI is InChI=1S/C33H51N7O13/c1-15(2)25(34)30(49)37-20(10-11-24(45)46)28(47)38-22(14-41)29(48)39-26(16(3)4)32(51)40-27(17(5)42)31(50)35-13-23(44)36-21(33(52)53)12-18-6-8-19(43)9-7-18/h6-9,15-17,20-22,25-27,41-43H,10-14,34H2,1-5H3,(H,35,50)(H,36,44)(H,37,49)(H,38,47)(H,39,48)(H,40,51)(H,45,46)(H,52,53)/t17-,20+,21+,22+,25+,26+,27+/m1/s1. The molecule has 0 saturated heterocycles. The van der Waals surface area contributed by atoms with E-state index in [1.807, 2.05) is 0 Å². The number of hydrogen-bond acceptors (Lipinski definition) is 12. The van der Waals surface area contributed by atoms with E-state index in [1.54, 1.807) is 13.8 Å². The van der Waals surface area contributed by atoms with Gasteiger partial charge in [-0.25, -0.2) is 4.79 Å². The Morgan fingerprint density at radius 1 is 0.679 bits per heavy atom. The number of carboxylic acids is 2. The van der Waals surface area contributed by atoms with E-state index in [0.29, 0.717) is 5.56 Å². The molecule has 6 amide bonds. The van der Waals surface area contributed by atoms with Crippen LogP contribution >= 0.6 is 0 Å². The van der Waals surface area contributed by atoms with Crippen molar-refractivity contribution < 1.29 is 63.9 Å². The first-order valence-corrected chi connectivity index (χ1v) is 16.7. The molecule has 0 unspecified atom stereocenters. The molecular formula is C33H51N7O13. The maximum atomic E-state index is 13.3. The number of carbonyl (C=O) groups is 8. The van der Waals surface area contributed by atoms with Crippen molar-refractivity contribution in [1.82, 2.24) is 31.9 Å². The molecule has 7 atom stereocenters. The summed E-state index contributed by atoms with van der Waals surface area (Å²) in [6.07, 6.45) is -2.58. The molecule has 0 heterocycles. The maximum Gasteiger partial charge on any atom is 0.326 e. The fourth-order valence-electron chi connectivity index (χ4n) is 4.60. The lowest BCUT2D eigenvalue weighted by atomic mass is 10.0. The molecule has 0 aliphatic heterocycles. The average Bonchev–Trinajstić information content (AvgIpc) is 3.08. The van der Waals surface area contributed by atoms with Crippen LogP contribution in [0, 0.1) is 11.8 Å². The maximum absolute atomic E-state index is 13.3. The molecule has 1 rings (SSSR count). The molecule has 0 aromatic heterocycles. The average molecular weight is 754 g/mol. The Morgan fingerprint density at radius 3 is 1.72 bits per heavy atom. The number of carbonyl (C=O) groups excluding carboxylic acids is 6. The number of aromatic hydroxyl groups is 1. The summed E-state index contributed by atoms with van der Waals surface area (Å²) < 4.78 is 0. The Balaban J connectivity index is 2.96. The summed E-state index contributed by atoms with van der Waals surface area (Å²) in [6, 6.07) is -3.01. The predicted molar refractivity (Wildman–Crippen MR) is 185 cm³/mol. The van der Waals surface area contributed by atoms with Gasteiger partial charge in [0.2, 0.25) is 35.4 Å². The van der Waals surface area contributed by atoms with Crippen LogP contribution in [0.2, 0.25) is 0 Å². The molecule has 1 aromatic carbocycles. The number of benzene rings is 1. The van der Waals surface area contributed by atoms with E-state index >= 15 is 0 Å². The number of carboxylic acid groups (broad SMARTS) is 2. The number of phenols is 1.